The fourth-order valence-corrected chi connectivity index (χ4v) is 6.52. The zero-order valence-corrected chi connectivity index (χ0v) is 24.0. The third-order valence-electron chi connectivity index (χ3n) is 8.59. The van der Waals surface area contributed by atoms with Crippen LogP contribution in [0.3, 0.4) is 0 Å². The normalized spacial score (nSPS) is 11.4. The summed E-state index contributed by atoms with van der Waals surface area (Å²) in [4.78, 5) is 4.73. The van der Waals surface area contributed by atoms with Crippen LogP contribution < -0.4 is 9.80 Å². The number of benzene rings is 8. The molecule has 8 aromatic rings. The maximum absolute atomic E-state index is 2.40. The van der Waals surface area contributed by atoms with Crippen molar-refractivity contribution in [3.05, 3.63) is 164 Å². The van der Waals surface area contributed by atoms with E-state index in [1.165, 1.54) is 48.8 Å². The Morgan fingerprint density at radius 1 is 0.349 bits per heavy atom. The van der Waals surface area contributed by atoms with Crippen LogP contribution in [-0.2, 0) is 0 Å². The van der Waals surface area contributed by atoms with E-state index in [0.29, 0.717) is 0 Å². The molecule has 0 N–H and O–H groups in total. The number of nitrogens with zero attached hydrogens (tertiary/aromatic N) is 2. The van der Waals surface area contributed by atoms with Gasteiger partial charge in [-0.1, -0.05) is 121 Å². The molecule has 0 atom stereocenters. The highest BCUT2D eigenvalue weighted by Gasteiger charge is 2.19. The zero-order valence-electron chi connectivity index (χ0n) is 24.0. The molecule has 0 unspecified atom stereocenters. The van der Waals surface area contributed by atoms with E-state index in [1.54, 1.807) is 0 Å². The van der Waals surface area contributed by atoms with Gasteiger partial charge in [0.2, 0.25) is 0 Å². The molecule has 43 heavy (non-hydrogen) atoms. The van der Waals surface area contributed by atoms with Crippen molar-refractivity contribution in [2.45, 2.75) is 0 Å². The van der Waals surface area contributed by atoms with Crippen LogP contribution in [0.4, 0.5) is 28.4 Å². The van der Waals surface area contributed by atoms with Gasteiger partial charge >= 0.3 is 0 Å². The Morgan fingerprint density at radius 3 is 1.26 bits per heavy atom. The van der Waals surface area contributed by atoms with Gasteiger partial charge in [-0.15, -0.1) is 0 Å². The summed E-state index contributed by atoms with van der Waals surface area (Å²) in [5.41, 5.74) is 5.81. The fraction of sp³-hybridized carbons (Fsp3) is 0.0244. The molecule has 8 aromatic carbocycles. The first-order valence-electron chi connectivity index (χ1n) is 14.8. The number of anilines is 5. The molecule has 0 heterocycles. The van der Waals surface area contributed by atoms with E-state index < -0.39 is 0 Å². The quantitative estimate of drug-likeness (QED) is 0.197. The standard InChI is InChI=1S/C41H30N2/c1-42(41-37-20-8-4-14-31(37)28-32-15-5-9-21-38(32)41)33-24-26-34(27-25-33)43(39-22-10-16-29-12-2-6-18-35(29)39)40-23-11-17-30-13-3-7-19-36(30)40/h2-28H,1H3. The minimum atomic E-state index is 1.12. The average Bonchev–Trinajstić information content (AvgIpc) is 3.07. The smallest absolute Gasteiger partial charge is 0.0567 e. The van der Waals surface area contributed by atoms with Crippen LogP contribution in [-0.4, -0.2) is 7.05 Å². The number of hydrogen-bond acceptors (Lipinski definition) is 2. The lowest BCUT2D eigenvalue weighted by molar-refractivity contribution is 1.22. The van der Waals surface area contributed by atoms with Crippen molar-refractivity contribution >= 4 is 71.5 Å². The third-order valence-corrected chi connectivity index (χ3v) is 8.59. The van der Waals surface area contributed by atoms with Crippen molar-refractivity contribution in [1.29, 1.82) is 0 Å². The van der Waals surface area contributed by atoms with Crippen LogP contribution in [0.25, 0.3) is 43.1 Å². The molecule has 0 saturated heterocycles. The molecule has 0 aliphatic heterocycles. The van der Waals surface area contributed by atoms with Crippen molar-refractivity contribution in [2.75, 3.05) is 16.8 Å². The van der Waals surface area contributed by atoms with Crippen LogP contribution in [0, 0.1) is 0 Å². The monoisotopic (exact) mass is 550 g/mol. The van der Waals surface area contributed by atoms with E-state index in [1.807, 2.05) is 0 Å². The SMILES string of the molecule is CN(c1ccc(N(c2cccc3ccccc23)c2cccc3ccccc23)cc1)c1c2ccccc2cc2ccccc12. The molecule has 0 aliphatic rings. The van der Waals surface area contributed by atoms with Gasteiger partial charge in [0.05, 0.1) is 17.1 Å². The van der Waals surface area contributed by atoms with Crippen molar-refractivity contribution < 1.29 is 0 Å². The summed E-state index contributed by atoms with van der Waals surface area (Å²) in [6.07, 6.45) is 0. The van der Waals surface area contributed by atoms with E-state index in [4.69, 9.17) is 0 Å². The fourth-order valence-electron chi connectivity index (χ4n) is 6.52. The number of hydrogen-bond donors (Lipinski definition) is 0. The molecule has 0 amide bonds. The van der Waals surface area contributed by atoms with Gasteiger partial charge in [0.15, 0.2) is 0 Å². The largest absolute Gasteiger partial charge is 0.344 e. The van der Waals surface area contributed by atoms with Gasteiger partial charge in [-0.25, -0.2) is 0 Å². The summed E-state index contributed by atoms with van der Waals surface area (Å²) < 4.78 is 0. The minimum Gasteiger partial charge on any atom is -0.344 e. The molecule has 204 valence electrons. The highest BCUT2D eigenvalue weighted by Crippen LogP contribution is 2.43. The molecule has 2 nitrogen and oxygen atoms in total. The lowest BCUT2D eigenvalue weighted by atomic mass is 10.00. The van der Waals surface area contributed by atoms with Crippen molar-refractivity contribution in [1.82, 2.24) is 0 Å². The van der Waals surface area contributed by atoms with Crippen LogP contribution in [0.1, 0.15) is 0 Å². The lowest BCUT2D eigenvalue weighted by Gasteiger charge is -2.29. The van der Waals surface area contributed by atoms with E-state index in [-0.39, 0.29) is 0 Å². The first-order valence-corrected chi connectivity index (χ1v) is 14.8. The predicted octanol–water partition coefficient (Wildman–Crippen LogP) is 11.5. The second-order valence-corrected chi connectivity index (χ2v) is 11.1. The highest BCUT2D eigenvalue weighted by atomic mass is 15.1. The average molecular weight is 551 g/mol. The van der Waals surface area contributed by atoms with Crippen LogP contribution in [0.15, 0.2) is 164 Å². The molecule has 0 saturated carbocycles. The number of rotatable bonds is 5. The van der Waals surface area contributed by atoms with Gasteiger partial charge in [-0.2, -0.15) is 0 Å². The second-order valence-electron chi connectivity index (χ2n) is 11.1. The number of fused-ring (bicyclic) bond motifs is 4. The topological polar surface area (TPSA) is 6.48 Å². The van der Waals surface area contributed by atoms with Crippen LogP contribution in [0.5, 0.6) is 0 Å². The summed E-state index contributed by atoms with van der Waals surface area (Å²) in [5.74, 6) is 0. The summed E-state index contributed by atoms with van der Waals surface area (Å²) in [5, 5.41) is 9.90. The molecule has 0 bridgehead atoms. The molecule has 0 radical (unpaired) electrons. The molecule has 2 heteroatoms. The Kier molecular flexibility index (Phi) is 6.05. The summed E-state index contributed by atoms with van der Waals surface area (Å²) >= 11 is 0. The Labute approximate surface area is 251 Å². The maximum Gasteiger partial charge on any atom is 0.0567 e. The first-order chi connectivity index (χ1) is 21.3. The van der Waals surface area contributed by atoms with Crippen molar-refractivity contribution in [3.8, 4) is 0 Å². The van der Waals surface area contributed by atoms with Gasteiger partial charge < -0.3 is 9.80 Å². The predicted molar refractivity (Wildman–Crippen MR) is 186 cm³/mol. The van der Waals surface area contributed by atoms with Crippen molar-refractivity contribution in [3.63, 3.8) is 0 Å². The summed E-state index contributed by atoms with van der Waals surface area (Å²) in [6, 6.07) is 59.1. The molecular formula is C41H30N2. The Hall–Kier alpha value is -5.60. The minimum absolute atomic E-state index is 1.12. The first kappa shape index (κ1) is 25.1. The molecule has 0 aromatic heterocycles. The van der Waals surface area contributed by atoms with Crippen LogP contribution >= 0.6 is 0 Å². The maximum atomic E-state index is 2.40. The highest BCUT2D eigenvalue weighted by molar-refractivity contribution is 6.12. The van der Waals surface area contributed by atoms with Gasteiger partial charge in [0, 0.05) is 40.0 Å². The van der Waals surface area contributed by atoms with Gasteiger partial charge in [0.25, 0.3) is 0 Å². The molecule has 0 aliphatic carbocycles. The molecule has 0 spiro atoms. The van der Waals surface area contributed by atoms with E-state index >= 15 is 0 Å². The van der Waals surface area contributed by atoms with E-state index in [2.05, 4.69) is 181 Å². The van der Waals surface area contributed by atoms with Gasteiger partial charge in [-0.05, 0) is 64.0 Å². The Morgan fingerprint density at radius 2 is 0.744 bits per heavy atom. The van der Waals surface area contributed by atoms with E-state index in [9.17, 15) is 0 Å². The van der Waals surface area contributed by atoms with Gasteiger partial charge in [-0.3, -0.25) is 0 Å². The molecule has 8 rings (SSSR count). The van der Waals surface area contributed by atoms with Crippen LogP contribution in [0.2, 0.25) is 0 Å². The summed E-state index contributed by atoms with van der Waals surface area (Å²) in [6.45, 7) is 0. The Bertz CT molecular complexity index is 2120. The lowest BCUT2D eigenvalue weighted by Crippen LogP contribution is -2.13. The zero-order chi connectivity index (χ0) is 28.8. The van der Waals surface area contributed by atoms with E-state index in [0.717, 1.165) is 22.7 Å². The molecular weight excluding hydrogens is 520 g/mol. The second kappa shape index (κ2) is 10.3. The summed E-state index contributed by atoms with van der Waals surface area (Å²) in [7, 11) is 2.18. The van der Waals surface area contributed by atoms with Crippen molar-refractivity contribution in [2.24, 2.45) is 0 Å². The van der Waals surface area contributed by atoms with Gasteiger partial charge in [0.1, 0.15) is 0 Å². The third kappa shape index (κ3) is 4.27. The Balaban J connectivity index is 1.30. The molecule has 0 fully saturated rings.